The van der Waals surface area contributed by atoms with Crippen LogP contribution in [0.1, 0.15) is 19.3 Å². The standard InChI is InChI=1S/C16H20FNO5/c17-13-4-1-2-5-14(13)23-8-3-6-15(19)18-7-9-22-12(11-18)10-16(20)21/h1-2,4-5,12H,3,6-11H2,(H,20,21). The van der Waals surface area contributed by atoms with Gasteiger partial charge in [0.1, 0.15) is 0 Å². The molecular formula is C16H20FNO5. The maximum absolute atomic E-state index is 13.4. The summed E-state index contributed by atoms with van der Waals surface area (Å²) >= 11 is 0. The third kappa shape index (κ3) is 5.52. The zero-order chi connectivity index (χ0) is 16.7. The molecule has 6 nitrogen and oxygen atoms in total. The van der Waals surface area contributed by atoms with Crippen molar-refractivity contribution in [2.45, 2.75) is 25.4 Å². The van der Waals surface area contributed by atoms with Crippen molar-refractivity contribution in [2.24, 2.45) is 0 Å². The number of carbonyl (C=O) groups excluding carboxylic acids is 1. The average Bonchev–Trinajstić information content (AvgIpc) is 2.52. The van der Waals surface area contributed by atoms with E-state index in [9.17, 15) is 14.0 Å². The number of amides is 1. The molecule has 1 saturated heterocycles. The molecule has 2 rings (SSSR count). The summed E-state index contributed by atoms with van der Waals surface area (Å²) in [6.45, 7) is 1.34. The smallest absolute Gasteiger partial charge is 0.306 e. The Labute approximate surface area is 133 Å². The van der Waals surface area contributed by atoms with E-state index in [2.05, 4.69) is 0 Å². The van der Waals surface area contributed by atoms with Crippen molar-refractivity contribution in [2.75, 3.05) is 26.3 Å². The highest BCUT2D eigenvalue weighted by molar-refractivity contribution is 5.76. The molecule has 7 heteroatoms. The fourth-order valence-electron chi connectivity index (χ4n) is 2.39. The van der Waals surface area contributed by atoms with Crippen LogP contribution in [0.3, 0.4) is 0 Å². The molecule has 1 heterocycles. The number of aliphatic carboxylic acids is 1. The molecule has 0 aromatic heterocycles. The van der Waals surface area contributed by atoms with Gasteiger partial charge in [0.25, 0.3) is 0 Å². The van der Waals surface area contributed by atoms with Crippen molar-refractivity contribution in [1.82, 2.24) is 4.90 Å². The van der Waals surface area contributed by atoms with Crippen molar-refractivity contribution in [3.8, 4) is 5.75 Å². The quantitative estimate of drug-likeness (QED) is 0.772. The lowest BCUT2D eigenvalue weighted by Crippen LogP contribution is -2.46. The molecule has 0 spiro atoms. The second kappa shape index (κ2) is 8.47. The normalized spacial score (nSPS) is 17.8. The average molecular weight is 325 g/mol. The first-order chi connectivity index (χ1) is 11.1. The number of nitrogens with zero attached hydrogens (tertiary/aromatic N) is 1. The molecule has 0 saturated carbocycles. The van der Waals surface area contributed by atoms with Crippen LogP contribution in [0.4, 0.5) is 4.39 Å². The second-order valence-electron chi connectivity index (χ2n) is 5.31. The molecule has 1 amide bonds. The molecule has 0 aliphatic carbocycles. The predicted molar refractivity (Wildman–Crippen MR) is 79.7 cm³/mol. The van der Waals surface area contributed by atoms with Gasteiger partial charge in [0, 0.05) is 19.5 Å². The summed E-state index contributed by atoms with van der Waals surface area (Å²) in [5, 5.41) is 8.76. The molecule has 1 fully saturated rings. The van der Waals surface area contributed by atoms with E-state index in [1.165, 1.54) is 12.1 Å². The minimum atomic E-state index is -0.942. The number of rotatable bonds is 7. The number of halogens is 1. The number of hydrogen-bond donors (Lipinski definition) is 1. The molecular weight excluding hydrogens is 305 g/mol. The third-order valence-corrected chi connectivity index (χ3v) is 3.52. The fourth-order valence-corrected chi connectivity index (χ4v) is 2.39. The van der Waals surface area contributed by atoms with E-state index in [1.807, 2.05) is 0 Å². The third-order valence-electron chi connectivity index (χ3n) is 3.52. The van der Waals surface area contributed by atoms with E-state index >= 15 is 0 Å². The van der Waals surface area contributed by atoms with E-state index in [4.69, 9.17) is 14.6 Å². The van der Waals surface area contributed by atoms with Crippen LogP contribution in [0.2, 0.25) is 0 Å². The molecule has 1 aromatic rings. The SMILES string of the molecule is O=C(O)CC1CN(C(=O)CCCOc2ccccc2F)CCO1. The van der Waals surface area contributed by atoms with Gasteiger partial charge in [0.2, 0.25) is 5.91 Å². The molecule has 1 unspecified atom stereocenters. The van der Waals surface area contributed by atoms with Crippen LogP contribution >= 0.6 is 0 Å². The molecule has 1 N–H and O–H groups in total. The highest BCUT2D eigenvalue weighted by Gasteiger charge is 2.25. The van der Waals surface area contributed by atoms with Crippen LogP contribution in [0.5, 0.6) is 5.75 Å². The molecule has 1 atom stereocenters. The van der Waals surface area contributed by atoms with E-state index in [1.54, 1.807) is 17.0 Å². The van der Waals surface area contributed by atoms with Crippen LogP contribution in [-0.2, 0) is 14.3 Å². The Balaban J connectivity index is 1.70. The van der Waals surface area contributed by atoms with Crippen LogP contribution in [0.15, 0.2) is 24.3 Å². The Morgan fingerprint density at radius 1 is 1.39 bits per heavy atom. The van der Waals surface area contributed by atoms with E-state index in [0.717, 1.165) is 0 Å². The number of benzene rings is 1. The van der Waals surface area contributed by atoms with E-state index in [-0.39, 0.29) is 31.1 Å². The zero-order valence-corrected chi connectivity index (χ0v) is 12.7. The highest BCUT2D eigenvalue weighted by Crippen LogP contribution is 2.16. The summed E-state index contributed by atoms with van der Waals surface area (Å²) in [6, 6.07) is 6.12. The lowest BCUT2D eigenvalue weighted by atomic mass is 10.2. The molecule has 0 radical (unpaired) electrons. The zero-order valence-electron chi connectivity index (χ0n) is 12.7. The first kappa shape index (κ1) is 17.2. The van der Waals surface area contributed by atoms with Gasteiger partial charge >= 0.3 is 5.97 Å². The van der Waals surface area contributed by atoms with Gasteiger partial charge in [0.05, 0.1) is 25.7 Å². The molecule has 23 heavy (non-hydrogen) atoms. The summed E-state index contributed by atoms with van der Waals surface area (Å²) < 4.78 is 24.0. The first-order valence-corrected chi connectivity index (χ1v) is 7.55. The minimum Gasteiger partial charge on any atom is -0.491 e. The number of para-hydroxylation sites is 1. The Bertz CT molecular complexity index is 551. The second-order valence-corrected chi connectivity index (χ2v) is 5.31. The summed E-state index contributed by atoms with van der Waals surface area (Å²) in [5.74, 6) is -1.26. The number of carbonyl (C=O) groups is 2. The molecule has 1 aromatic carbocycles. The number of carboxylic acids is 1. The van der Waals surface area contributed by atoms with Gasteiger partial charge in [-0.2, -0.15) is 0 Å². The Morgan fingerprint density at radius 3 is 2.91 bits per heavy atom. The summed E-state index contributed by atoms with van der Waals surface area (Å²) in [7, 11) is 0. The summed E-state index contributed by atoms with van der Waals surface area (Å²) in [4.78, 5) is 24.4. The minimum absolute atomic E-state index is 0.0687. The first-order valence-electron chi connectivity index (χ1n) is 7.55. The number of hydrogen-bond acceptors (Lipinski definition) is 4. The van der Waals surface area contributed by atoms with Gasteiger partial charge in [0.15, 0.2) is 11.6 Å². The van der Waals surface area contributed by atoms with Gasteiger partial charge < -0.3 is 19.5 Å². The monoisotopic (exact) mass is 325 g/mol. The van der Waals surface area contributed by atoms with Crippen molar-refractivity contribution in [3.05, 3.63) is 30.1 Å². The van der Waals surface area contributed by atoms with E-state index in [0.29, 0.717) is 26.1 Å². The van der Waals surface area contributed by atoms with Gasteiger partial charge in [-0.25, -0.2) is 4.39 Å². The van der Waals surface area contributed by atoms with Crippen LogP contribution in [0, 0.1) is 5.82 Å². The largest absolute Gasteiger partial charge is 0.491 e. The van der Waals surface area contributed by atoms with Crippen LogP contribution < -0.4 is 4.74 Å². The lowest BCUT2D eigenvalue weighted by Gasteiger charge is -2.32. The van der Waals surface area contributed by atoms with Crippen LogP contribution in [-0.4, -0.2) is 54.3 Å². The summed E-state index contributed by atoms with van der Waals surface area (Å²) in [5.41, 5.74) is 0. The van der Waals surface area contributed by atoms with Gasteiger partial charge in [-0.15, -0.1) is 0 Å². The Kier molecular flexibility index (Phi) is 6.34. The number of ether oxygens (including phenoxy) is 2. The van der Waals surface area contributed by atoms with Crippen molar-refractivity contribution < 1.29 is 28.6 Å². The molecule has 1 aliphatic rings. The summed E-state index contributed by atoms with van der Waals surface area (Å²) in [6.07, 6.45) is 0.169. The fraction of sp³-hybridized carbons (Fsp3) is 0.500. The van der Waals surface area contributed by atoms with Crippen molar-refractivity contribution in [1.29, 1.82) is 0 Å². The van der Waals surface area contributed by atoms with Crippen LogP contribution in [0.25, 0.3) is 0 Å². The van der Waals surface area contributed by atoms with Crippen molar-refractivity contribution in [3.63, 3.8) is 0 Å². The lowest BCUT2D eigenvalue weighted by molar-refractivity contribution is -0.147. The topological polar surface area (TPSA) is 76.1 Å². The van der Waals surface area contributed by atoms with Gasteiger partial charge in [-0.3, -0.25) is 9.59 Å². The number of carboxylic acid groups (broad SMARTS) is 1. The Morgan fingerprint density at radius 2 is 2.17 bits per heavy atom. The predicted octanol–water partition coefficient (Wildman–Crippen LogP) is 1.69. The van der Waals surface area contributed by atoms with Crippen molar-refractivity contribution >= 4 is 11.9 Å². The Hall–Kier alpha value is -2.15. The maximum Gasteiger partial charge on any atom is 0.306 e. The van der Waals surface area contributed by atoms with Gasteiger partial charge in [-0.1, -0.05) is 12.1 Å². The molecule has 1 aliphatic heterocycles. The molecule has 0 bridgehead atoms. The highest BCUT2D eigenvalue weighted by atomic mass is 19.1. The molecule has 126 valence electrons. The van der Waals surface area contributed by atoms with E-state index < -0.39 is 17.9 Å². The van der Waals surface area contributed by atoms with Gasteiger partial charge in [-0.05, 0) is 18.6 Å². The number of morpholine rings is 1. The maximum atomic E-state index is 13.4.